The van der Waals surface area contributed by atoms with E-state index in [1.165, 1.54) is 127 Å². The van der Waals surface area contributed by atoms with Gasteiger partial charge in [0.25, 0.3) is 0 Å². The number of unbranched alkanes of at least 4 members (excludes halogenated alkanes) is 11. The molecule has 35 heavy (non-hydrogen) atoms. The summed E-state index contributed by atoms with van der Waals surface area (Å²) in [6, 6.07) is 0. The van der Waals surface area contributed by atoms with Crippen molar-refractivity contribution in [2.45, 2.75) is 148 Å². The minimum absolute atomic E-state index is 0.230. The van der Waals surface area contributed by atoms with E-state index < -0.39 is 6.60 Å². The number of halogens is 1. The molecule has 1 unspecified atom stereocenters. The monoisotopic (exact) mass is 576 g/mol. The van der Waals surface area contributed by atoms with Gasteiger partial charge in [0.2, 0.25) is 0 Å². The van der Waals surface area contributed by atoms with E-state index >= 15 is 0 Å². The molecule has 2 nitrogen and oxygen atoms in total. The van der Waals surface area contributed by atoms with Crippen LogP contribution in [0.15, 0.2) is 12.2 Å². The van der Waals surface area contributed by atoms with Gasteiger partial charge in [0.05, 0.1) is 0 Å². The average molecular weight is 578 g/mol. The van der Waals surface area contributed by atoms with Crippen LogP contribution in [-0.2, 0) is 9.53 Å². The summed E-state index contributed by atoms with van der Waals surface area (Å²) in [6.45, 7) is 13.4. The second-order valence-corrected chi connectivity index (χ2v) is 19.7. The summed E-state index contributed by atoms with van der Waals surface area (Å²) in [4.78, 5) is 12.0. The Morgan fingerprint density at radius 1 is 0.686 bits per heavy atom. The number of carbonyl (C=O) groups is 1. The van der Waals surface area contributed by atoms with Gasteiger partial charge in [-0.15, -0.1) is 0 Å². The van der Waals surface area contributed by atoms with Gasteiger partial charge in [0, 0.05) is 0 Å². The summed E-state index contributed by atoms with van der Waals surface area (Å²) in [5.41, 5.74) is 0.508. The van der Waals surface area contributed by atoms with Gasteiger partial charge in [-0.25, -0.2) is 0 Å². The quantitative estimate of drug-likeness (QED) is 0.0355. The third-order valence-electron chi connectivity index (χ3n) is 8.17. The van der Waals surface area contributed by atoms with Gasteiger partial charge in [0.15, 0.2) is 0 Å². The molecule has 0 spiro atoms. The SMILES string of the molecule is C=C(C)C(=O)OCCCP(CCCC)(CCCC)(CCCC)C(Br)CCCCCCCCCCC. The Morgan fingerprint density at radius 3 is 1.51 bits per heavy atom. The Kier molecular flexibility index (Phi) is 21.2. The first-order chi connectivity index (χ1) is 16.8. The molecule has 0 aromatic carbocycles. The molecule has 1 atom stereocenters. The van der Waals surface area contributed by atoms with Crippen molar-refractivity contribution in [3.05, 3.63) is 12.2 Å². The first-order valence-electron chi connectivity index (χ1n) is 15.3. The first-order valence-corrected chi connectivity index (χ1v) is 19.2. The van der Waals surface area contributed by atoms with Crippen LogP contribution in [0.25, 0.3) is 0 Å². The van der Waals surface area contributed by atoms with E-state index in [2.05, 4.69) is 50.2 Å². The van der Waals surface area contributed by atoms with Crippen molar-refractivity contribution in [1.29, 1.82) is 0 Å². The van der Waals surface area contributed by atoms with Crippen LogP contribution in [-0.4, -0.2) is 41.8 Å². The van der Waals surface area contributed by atoms with Crippen LogP contribution < -0.4 is 0 Å². The van der Waals surface area contributed by atoms with Crippen molar-refractivity contribution >= 4 is 28.5 Å². The second-order valence-electron chi connectivity index (χ2n) is 11.3. The van der Waals surface area contributed by atoms with Gasteiger partial charge in [0.1, 0.15) is 0 Å². The Labute approximate surface area is 229 Å². The standard InChI is InChI=1S/C31H62BrO2P/c1-7-11-15-16-17-18-19-20-21-23-30(32)35(25-12-8-2,26-13-9-3,27-14-10-4)28-22-24-34-31(33)29(5)6/h30H,5,7-28H2,1-4,6H3. The summed E-state index contributed by atoms with van der Waals surface area (Å²) in [7, 11) is 0. The number of hydrogen-bond acceptors (Lipinski definition) is 2. The predicted molar refractivity (Wildman–Crippen MR) is 166 cm³/mol. The molecule has 0 fully saturated rings. The molecule has 0 saturated heterocycles. The van der Waals surface area contributed by atoms with Crippen molar-refractivity contribution < 1.29 is 9.53 Å². The Hall–Kier alpha value is 0.120. The molecule has 0 aliphatic heterocycles. The van der Waals surface area contributed by atoms with E-state index in [9.17, 15) is 4.79 Å². The summed E-state index contributed by atoms with van der Waals surface area (Å²) in [5, 5.41) is 0. The molecule has 0 rings (SSSR count). The third kappa shape index (κ3) is 14.0. The zero-order chi connectivity index (χ0) is 26.4. The fourth-order valence-electron chi connectivity index (χ4n) is 5.75. The zero-order valence-corrected chi connectivity index (χ0v) is 27.0. The van der Waals surface area contributed by atoms with E-state index in [1.54, 1.807) is 6.92 Å². The van der Waals surface area contributed by atoms with Crippen LogP contribution in [0.4, 0.5) is 0 Å². The van der Waals surface area contributed by atoms with Crippen LogP contribution >= 0.6 is 22.5 Å². The first kappa shape index (κ1) is 35.1. The zero-order valence-electron chi connectivity index (χ0n) is 24.5. The Bertz CT molecular complexity index is 524. The van der Waals surface area contributed by atoms with Crippen LogP contribution in [0.3, 0.4) is 0 Å². The number of ether oxygens (including phenoxy) is 1. The molecule has 0 aromatic heterocycles. The second kappa shape index (κ2) is 21.1. The van der Waals surface area contributed by atoms with E-state index in [0.717, 1.165) is 6.42 Å². The van der Waals surface area contributed by atoms with Gasteiger partial charge in [-0.1, -0.05) is 0 Å². The topological polar surface area (TPSA) is 26.3 Å². The number of esters is 1. The number of alkyl halides is 1. The fourth-order valence-corrected chi connectivity index (χ4v) is 16.4. The third-order valence-corrected chi connectivity index (χ3v) is 20.0. The molecule has 0 aliphatic carbocycles. The maximum absolute atomic E-state index is 12.0. The molecular formula is C31H62BrO2P. The molecule has 0 amide bonds. The van der Waals surface area contributed by atoms with Crippen molar-refractivity contribution in [2.75, 3.05) is 31.3 Å². The van der Waals surface area contributed by atoms with Crippen molar-refractivity contribution in [3.8, 4) is 0 Å². The summed E-state index contributed by atoms with van der Waals surface area (Å²) >= 11 is 4.40. The maximum atomic E-state index is 12.0. The van der Waals surface area contributed by atoms with Gasteiger partial charge >= 0.3 is 230 Å². The Morgan fingerprint density at radius 2 is 1.09 bits per heavy atom. The normalized spacial score (nSPS) is 13.8. The summed E-state index contributed by atoms with van der Waals surface area (Å²) in [6.07, 6.45) is 28.3. The minimum atomic E-state index is -2.00. The molecule has 0 aliphatic rings. The van der Waals surface area contributed by atoms with Crippen molar-refractivity contribution in [2.24, 2.45) is 0 Å². The van der Waals surface area contributed by atoms with Crippen LogP contribution in [0.5, 0.6) is 0 Å². The van der Waals surface area contributed by atoms with Crippen molar-refractivity contribution in [1.82, 2.24) is 0 Å². The summed E-state index contributed by atoms with van der Waals surface area (Å²) < 4.78 is 6.23. The van der Waals surface area contributed by atoms with Crippen molar-refractivity contribution in [3.63, 3.8) is 0 Å². The van der Waals surface area contributed by atoms with E-state index in [-0.39, 0.29) is 5.97 Å². The van der Waals surface area contributed by atoms with E-state index in [0.29, 0.717) is 16.7 Å². The van der Waals surface area contributed by atoms with E-state index in [4.69, 9.17) is 4.74 Å². The molecule has 0 bridgehead atoms. The molecule has 0 heterocycles. The Balaban J connectivity index is 5.32. The fraction of sp³-hybridized carbons (Fsp3) is 0.903. The average Bonchev–Trinajstić information content (AvgIpc) is 2.86. The van der Waals surface area contributed by atoms with Gasteiger partial charge < -0.3 is 0 Å². The van der Waals surface area contributed by atoms with Gasteiger partial charge in [-0.05, 0) is 0 Å². The number of rotatable bonds is 25. The molecule has 0 aromatic rings. The van der Waals surface area contributed by atoms with Crippen LogP contribution in [0.2, 0.25) is 0 Å². The molecule has 0 N–H and O–H groups in total. The molecule has 0 saturated carbocycles. The van der Waals surface area contributed by atoms with E-state index in [1.807, 2.05) is 0 Å². The van der Waals surface area contributed by atoms with Crippen LogP contribution in [0.1, 0.15) is 144 Å². The molecule has 4 heteroatoms. The number of carbonyl (C=O) groups excluding carboxylic acids is 1. The van der Waals surface area contributed by atoms with Gasteiger partial charge in [-0.2, -0.15) is 0 Å². The van der Waals surface area contributed by atoms with Crippen LogP contribution in [0, 0.1) is 0 Å². The molecular weight excluding hydrogens is 515 g/mol. The van der Waals surface area contributed by atoms with Gasteiger partial charge in [-0.3, -0.25) is 0 Å². The summed E-state index contributed by atoms with van der Waals surface area (Å²) in [5.74, 6) is -0.230. The molecule has 0 radical (unpaired) electrons. The number of hydrogen-bond donors (Lipinski definition) is 0. The predicted octanol–water partition coefficient (Wildman–Crippen LogP) is 11.1. The molecule has 210 valence electrons.